The average molecular weight is 260 g/mol. The van der Waals surface area contributed by atoms with Gasteiger partial charge in [-0.05, 0) is 50.1 Å². The zero-order valence-electron chi connectivity index (χ0n) is 10.8. The lowest BCUT2D eigenvalue weighted by atomic mass is 10.2. The van der Waals surface area contributed by atoms with Crippen LogP contribution in [0, 0.1) is 20.8 Å². The normalized spacial score (nSPS) is 11.5. The van der Waals surface area contributed by atoms with Crippen molar-refractivity contribution in [1.29, 1.82) is 0 Å². The van der Waals surface area contributed by atoms with E-state index in [0.717, 1.165) is 16.7 Å². The third-order valence-corrected chi connectivity index (χ3v) is 4.83. The lowest BCUT2D eigenvalue weighted by Gasteiger charge is -2.09. The molecule has 0 saturated carbocycles. The van der Waals surface area contributed by atoms with Crippen LogP contribution in [0.1, 0.15) is 16.7 Å². The predicted molar refractivity (Wildman–Crippen MR) is 72.5 cm³/mol. The van der Waals surface area contributed by atoms with Gasteiger partial charge in [-0.2, -0.15) is 0 Å². The summed E-state index contributed by atoms with van der Waals surface area (Å²) in [5, 5.41) is 0. The van der Waals surface area contributed by atoms with Crippen LogP contribution < -0.4 is 0 Å². The van der Waals surface area contributed by atoms with E-state index in [1.165, 1.54) is 0 Å². The Bertz CT molecular complexity index is 685. The maximum absolute atomic E-state index is 12.5. The molecular weight excluding hydrogens is 244 g/mol. The highest BCUT2D eigenvalue weighted by atomic mass is 32.2. The highest BCUT2D eigenvalue weighted by molar-refractivity contribution is 7.91. The van der Waals surface area contributed by atoms with Crippen molar-refractivity contribution in [2.24, 2.45) is 0 Å². The SMILES string of the molecule is Cc1cccc(S(=O)(=O)c2ccc(C)cc2C)c1. The van der Waals surface area contributed by atoms with Crippen molar-refractivity contribution in [2.45, 2.75) is 30.6 Å². The maximum Gasteiger partial charge on any atom is 0.206 e. The van der Waals surface area contributed by atoms with Gasteiger partial charge in [0.15, 0.2) is 0 Å². The van der Waals surface area contributed by atoms with Crippen LogP contribution in [0.5, 0.6) is 0 Å². The van der Waals surface area contributed by atoms with Crippen LogP contribution in [0.4, 0.5) is 0 Å². The summed E-state index contributed by atoms with van der Waals surface area (Å²) in [6.07, 6.45) is 0. The van der Waals surface area contributed by atoms with Crippen LogP contribution in [0.3, 0.4) is 0 Å². The van der Waals surface area contributed by atoms with Crippen molar-refractivity contribution < 1.29 is 8.42 Å². The molecule has 0 spiro atoms. The van der Waals surface area contributed by atoms with Gasteiger partial charge in [0, 0.05) is 0 Å². The molecule has 0 unspecified atom stereocenters. The lowest BCUT2D eigenvalue weighted by Crippen LogP contribution is -2.04. The van der Waals surface area contributed by atoms with Gasteiger partial charge in [0.2, 0.25) is 9.84 Å². The summed E-state index contributed by atoms with van der Waals surface area (Å²) < 4.78 is 25.0. The van der Waals surface area contributed by atoms with Crippen molar-refractivity contribution in [3.8, 4) is 0 Å². The summed E-state index contributed by atoms with van der Waals surface area (Å²) in [7, 11) is -3.41. The van der Waals surface area contributed by atoms with Gasteiger partial charge in [-0.15, -0.1) is 0 Å². The molecule has 2 nitrogen and oxygen atoms in total. The lowest BCUT2D eigenvalue weighted by molar-refractivity contribution is 0.595. The number of benzene rings is 2. The van der Waals surface area contributed by atoms with E-state index in [1.54, 1.807) is 24.3 Å². The van der Waals surface area contributed by atoms with Crippen molar-refractivity contribution in [2.75, 3.05) is 0 Å². The highest BCUT2D eigenvalue weighted by Crippen LogP contribution is 2.24. The number of hydrogen-bond donors (Lipinski definition) is 0. The Labute approximate surface area is 108 Å². The summed E-state index contributed by atoms with van der Waals surface area (Å²) in [6, 6.07) is 12.4. The topological polar surface area (TPSA) is 34.1 Å². The van der Waals surface area contributed by atoms with Crippen molar-refractivity contribution in [1.82, 2.24) is 0 Å². The molecule has 0 radical (unpaired) electrons. The first-order valence-corrected chi connectivity index (χ1v) is 7.28. The van der Waals surface area contributed by atoms with Gasteiger partial charge < -0.3 is 0 Å². The van der Waals surface area contributed by atoms with Gasteiger partial charge in [0.05, 0.1) is 9.79 Å². The molecule has 0 atom stereocenters. The van der Waals surface area contributed by atoms with E-state index in [-0.39, 0.29) is 0 Å². The molecule has 0 N–H and O–H groups in total. The Kier molecular flexibility index (Phi) is 3.26. The molecule has 0 bridgehead atoms. The summed E-state index contributed by atoms with van der Waals surface area (Å²) in [6.45, 7) is 5.67. The molecular formula is C15H16O2S. The fourth-order valence-corrected chi connectivity index (χ4v) is 3.59. The summed E-state index contributed by atoms with van der Waals surface area (Å²) in [5.74, 6) is 0. The largest absolute Gasteiger partial charge is 0.219 e. The van der Waals surface area contributed by atoms with Gasteiger partial charge in [0.1, 0.15) is 0 Å². The number of rotatable bonds is 2. The van der Waals surface area contributed by atoms with Gasteiger partial charge in [-0.25, -0.2) is 8.42 Å². The minimum absolute atomic E-state index is 0.356. The van der Waals surface area contributed by atoms with E-state index in [2.05, 4.69) is 0 Å². The molecule has 3 heteroatoms. The van der Waals surface area contributed by atoms with E-state index in [9.17, 15) is 8.42 Å². The predicted octanol–water partition coefficient (Wildman–Crippen LogP) is 3.44. The van der Waals surface area contributed by atoms with Crippen LogP contribution in [-0.4, -0.2) is 8.42 Å². The maximum atomic E-state index is 12.5. The standard InChI is InChI=1S/C15H16O2S/c1-11-5-4-6-14(10-11)18(16,17)15-8-7-12(2)9-13(15)3/h4-10H,1-3H3. The van der Waals surface area contributed by atoms with Crippen molar-refractivity contribution in [3.63, 3.8) is 0 Å². The second kappa shape index (κ2) is 4.58. The van der Waals surface area contributed by atoms with E-state index in [1.807, 2.05) is 39.0 Å². The summed E-state index contributed by atoms with van der Waals surface area (Å²) in [4.78, 5) is 0.744. The molecule has 0 aliphatic heterocycles. The molecule has 0 aliphatic carbocycles. The first-order valence-electron chi connectivity index (χ1n) is 5.80. The number of sulfone groups is 1. The molecule has 0 amide bonds. The van der Waals surface area contributed by atoms with Crippen molar-refractivity contribution >= 4 is 9.84 Å². The van der Waals surface area contributed by atoms with Gasteiger partial charge in [-0.3, -0.25) is 0 Å². The molecule has 2 rings (SSSR count). The molecule has 0 saturated heterocycles. The van der Waals surface area contributed by atoms with Gasteiger partial charge in [0.25, 0.3) is 0 Å². The molecule has 0 fully saturated rings. The van der Waals surface area contributed by atoms with Gasteiger partial charge in [-0.1, -0.05) is 29.8 Å². The van der Waals surface area contributed by atoms with Crippen LogP contribution in [0.15, 0.2) is 52.3 Å². The molecule has 18 heavy (non-hydrogen) atoms. The summed E-state index contributed by atoms with van der Waals surface area (Å²) in [5.41, 5.74) is 2.80. The third-order valence-electron chi connectivity index (χ3n) is 2.92. The minimum Gasteiger partial charge on any atom is -0.219 e. The zero-order valence-corrected chi connectivity index (χ0v) is 11.6. The Hall–Kier alpha value is -1.61. The first-order chi connectivity index (χ1) is 8.41. The monoisotopic (exact) mass is 260 g/mol. The average Bonchev–Trinajstić information content (AvgIpc) is 2.28. The van der Waals surface area contributed by atoms with Crippen LogP contribution in [0.2, 0.25) is 0 Å². The highest BCUT2D eigenvalue weighted by Gasteiger charge is 2.19. The van der Waals surface area contributed by atoms with Crippen LogP contribution >= 0.6 is 0 Å². The Morgan fingerprint density at radius 1 is 0.833 bits per heavy atom. The third kappa shape index (κ3) is 2.31. The Morgan fingerprint density at radius 3 is 2.11 bits per heavy atom. The zero-order chi connectivity index (χ0) is 13.3. The summed E-state index contributed by atoms with van der Waals surface area (Å²) >= 11 is 0. The van der Waals surface area contributed by atoms with E-state index in [4.69, 9.17) is 0 Å². The number of aryl methyl sites for hydroxylation is 3. The van der Waals surface area contributed by atoms with Crippen LogP contribution in [-0.2, 0) is 9.84 Å². The van der Waals surface area contributed by atoms with Gasteiger partial charge >= 0.3 is 0 Å². The smallest absolute Gasteiger partial charge is 0.206 e. The minimum atomic E-state index is -3.41. The quantitative estimate of drug-likeness (QED) is 0.829. The van der Waals surface area contributed by atoms with E-state index < -0.39 is 9.84 Å². The first kappa shape index (κ1) is 12.8. The molecule has 94 valence electrons. The molecule has 0 aliphatic rings. The number of hydrogen-bond acceptors (Lipinski definition) is 2. The molecule has 0 aromatic heterocycles. The molecule has 2 aromatic carbocycles. The second-order valence-corrected chi connectivity index (χ2v) is 6.51. The second-order valence-electron chi connectivity index (χ2n) is 4.59. The Balaban J connectivity index is 2.62. The molecule has 2 aromatic rings. The van der Waals surface area contributed by atoms with Crippen molar-refractivity contribution in [3.05, 3.63) is 59.2 Å². The van der Waals surface area contributed by atoms with E-state index >= 15 is 0 Å². The molecule has 0 heterocycles. The fourth-order valence-electron chi connectivity index (χ4n) is 2.01. The van der Waals surface area contributed by atoms with E-state index in [0.29, 0.717) is 9.79 Å². The van der Waals surface area contributed by atoms with Crippen LogP contribution in [0.25, 0.3) is 0 Å². The fraction of sp³-hybridized carbons (Fsp3) is 0.200. The Morgan fingerprint density at radius 2 is 1.50 bits per heavy atom.